The highest BCUT2D eigenvalue weighted by Crippen LogP contribution is 2.36. The molecule has 0 fully saturated rings. The minimum atomic E-state index is 0.420. The van der Waals surface area contributed by atoms with Gasteiger partial charge < -0.3 is 9.47 Å². The van der Waals surface area contributed by atoms with Crippen LogP contribution in [-0.4, -0.2) is 6.61 Å². The van der Waals surface area contributed by atoms with Gasteiger partial charge in [0.2, 0.25) is 0 Å². The summed E-state index contributed by atoms with van der Waals surface area (Å²) in [5.74, 6) is 1.29. The zero-order valence-electron chi connectivity index (χ0n) is 19.9. The number of fused-ring (bicyclic) bond motifs is 2. The molecule has 0 radical (unpaired) electrons. The third-order valence-corrected chi connectivity index (χ3v) is 6.79. The fourth-order valence-corrected chi connectivity index (χ4v) is 4.75. The van der Waals surface area contributed by atoms with Crippen LogP contribution in [0.1, 0.15) is 23.6 Å². The molecular weight excluding hydrogens is 510 g/mol. The smallest absolute Gasteiger partial charge is 0.162 e. The molecule has 0 aliphatic carbocycles. The van der Waals surface area contributed by atoms with Crippen molar-refractivity contribution < 1.29 is 9.47 Å². The monoisotopic (exact) mass is 533 g/mol. The Kier molecular flexibility index (Phi) is 7.02. The fourth-order valence-electron chi connectivity index (χ4n) is 4.31. The van der Waals surface area contributed by atoms with E-state index in [0.717, 1.165) is 31.9 Å². The van der Waals surface area contributed by atoms with E-state index in [1.54, 1.807) is 0 Å². The third-order valence-electron chi connectivity index (χ3n) is 6.11. The summed E-state index contributed by atoms with van der Waals surface area (Å²) in [6.07, 6.45) is 1.88. The number of nitriles is 1. The summed E-state index contributed by atoms with van der Waals surface area (Å²) in [6, 6.07) is 34.9. The normalized spacial score (nSPS) is 11.4. The Balaban J connectivity index is 1.47. The molecule has 176 valence electrons. The Morgan fingerprint density at radius 1 is 0.806 bits per heavy atom. The molecule has 0 saturated heterocycles. The van der Waals surface area contributed by atoms with Gasteiger partial charge in [-0.2, -0.15) is 5.26 Å². The summed E-state index contributed by atoms with van der Waals surface area (Å²) >= 11 is 3.68. The largest absolute Gasteiger partial charge is 0.490 e. The summed E-state index contributed by atoms with van der Waals surface area (Å²) in [4.78, 5) is 0. The van der Waals surface area contributed by atoms with Gasteiger partial charge >= 0.3 is 0 Å². The summed E-state index contributed by atoms with van der Waals surface area (Å²) in [5.41, 5.74) is 3.41. The van der Waals surface area contributed by atoms with Crippen LogP contribution in [0, 0.1) is 11.3 Å². The molecule has 0 aliphatic heterocycles. The number of hydrogen-bond acceptors (Lipinski definition) is 3. The highest BCUT2D eigenvalue weighted by Gasteiger charge is 2.13. The zero-order chi connectivity index (χ0) is 24.9. The van der Waals surface area contributed by atoms with E-state index in [2.05, 4.69) is 58.4 Å². The van der Waals surface area contributed by atoms with Gasteiger partial charge in [0.05, 0.1) is 18.2 Å². The molecule has 0 atom stereocenters. The van der Waals surface area contributed by atoms with E-state index >= 15 is 0 Å². The second-order valence-electron chi connectivity index (χ2n) is 8.41. The van der Waals surface area contributed by atoms with Crippen LogP contribution in [0.4, 0.5) is 0 Å². The lowest BCUT2D eigenvalue weighted by Gasteiger charge is -2.15. The van der Waals surface area contributed by atoms with Crippen molar-refractivity contribution in [3.63, 3.8) is 0 Å². The standard InChI is InChI=1S/C32H24BrNO2/c1-2-35-31-18-27(17-28(20-34)25-15-14-22-8-3-4-10-24(22)16-25)30(33)19-32(31)36-21-26-12-7-11-23-9-5-6-13-29(23)26/h3-19H,2,21H2,1H3/b28-17-. The van der Waals surface area contributed by atoms with Crippen molar-refractivity contribution in [3.05, 3.63) is 118 Å². The summed E-state index contributed by atoms with van der Waals surface area (Å²) in [5, 5.41) is 14.5. The molecule has 4 heteroatoms. The lowest BCUT2D eigenvalue weighted by Crippen LogP contribution is -2.01. The number of hydrogen-bond donors (Lipinski definition) is 0. The summed E-state index contributed by atoms with van der Waals surface area (Å²) in [7, 11) is 0. The molecule has 0 bridgehead atoms. The first kappa shape index (κ1) is 23.7. The van der Waals surface area contributed by atoms with Gasteiger partial charge in [-0.05, 0) is 69.4 Å². The quantitative estimate of drug-likeness (QED) is 0.155. The van der Waals surface area contributed by atoms with Gasteiger partial charge in [-0.3, -0.25) is 0 Å². The molecule has 0 saturated carbocycles. The minimum Gasteiger partial charge on any atom is -0.490 e. The predicted octanol–water partition coefficient (Wildman–Crippen LogP) is 8.80. The van der Waals surface area contributed by atoms with Gasteiger partial charge in [0.1, 0.15) is 6.61 Å². The Labute approximate surface area is 219 Å². The molecule has 0 unspecified atom stereocenters. The maximum atomic E-state index is 9.94. The second kappa shape index (κ2) is 10.7. The van der Waals surface area contributed by atoms with E-state index in [0.29, 0.717) is 30.3 Å². The topological polar surface area (TPSA) is 42.2 Å². The molecule has 3 nitrogen and oxygen atoms in total. The Hall–Kier alpha value is -4.07. The lowest BCUT2D eigenvalue weighted by atomic mass is 10.00. The number of nitrogens with zero attached hydrogens (tertiary/aromatic N) is 1. The van der Waals surface area contributed by atoms with Crippen LogP contribution in [0.15, 0.2) is 102 Å². The van der Waals surface area contributed by atoms with Crippen LogP contribution in [0.3, 0.4) is 0 Å². The van der Waals surface area contributed by atoms with Gasteiger partial charge in [0.25, 0.3) is 0 Å². The van der Waals surface area contributed by atoms with Crippen molar-refractivity contribution in [2.75, 3.05) is 6.61 Å². The number of rotatable bonds is 7. The molecule has 0 aliphatic rings. The highest BCUT2D eigenvalue weighted by atomic mass is 79.9. The van der Waals surface area contributed by atoms with Gasteiger partial charge in [0.15, 0.2) is 11.5 Å². The van der Waals surface area contributed by atoms with Gasteiger partial charge in [-0.15, -0.1) is 0 Å². The van der Waals surface area contributed by atoms with Crippen molar-refractivity contribution in [1.82, 2.24) is 0 Å². The molecule has 5 aromatic rings. The first-order valence-corrected chi connectivity index (χ1v) is 12.6. The molecule has 5 aromatic carbocycles. The van der Waals surface area contributed by atoms with Crippen LogP contribution < -0.4 is 9.47 Å². The Morgan fingerprint density at radius 2 is 1.53 bits per heavy atom. The lowest BCUT2D eigenvalue weighted by molar-refractivity contribution is 0.270. The average Bonchev–Trinajstić information content (AvgIpc) is 2.92. The van der Waals surface area contributed by atoms with E-state index in [1.807, 2.05) is 73.7 Å². The van der Waals surface area contributed by atoms with Crippen molar-refractivity contribution in [2.24, 2.45) is 0 Å². The maximum absolute atomic E-state index is 9.94. The molecule has 0 aromatic heterocycles. The van der Waals surface area contributed by atoms with Crippen molar-refractivity contribution >= 4 is 49.1 Å². The second-order valence-corrected chi connectivity index (χ2v) is 9.27. The van der Waals surface area contributed by atoms with E-state index in [-0.39, 0.29) is 0 Å². The number of halogens is 1. The third kappa shape index (κ3) is 4.98. The fraction of sp³-hybridized carbons (Fsp3) is 0.0938. The molecule has 0 amide bonds. The van der Waals surface area contributed by atoms with E-state index < -0.39 is 0 Å². The van der Waals surface area contributed by atoms with Crippen LogP contribution in [0.25, 0.3) is 33.2 Å². The van der Waals surface area contributed by atoms with Crippen molar-refractivity contribution in [2.45, 2.75) is 13.5 Å². The van der Waals surface area contributed by atoms with Gasteiger partial charge in [-0.1, -0.05) is 94.8 Å². The minimum absolute atomic E-state index is 0.420. The molecule has 36 heavy (non-hydrogen) atoms. The molecule has 0 N–H and O–H groups in total. The SMILES string of the molecule is CCOc1cc(/C=C(/C#N)c2ccc3ccccc3c2)c(Br)cc1OCc1cccc2ccccc12. The van der Waals surface area contributed by atoms with Gasteiger partial charge in [0, 0.05) is 4.47 Å². The Bertz CT molecular complexity index is 1630. The zero-order valence-corrected chi connectivity index (χ0v) is 21.5. The number of ether oxygens (including phenoxy) is 2. The van der Waals surface area contributed by atoms with E-state index in [4.69, 9.17) is 9.47 Å². The molecule has 5 rings (SSSR count). The molecular formula is C32H24BrNO2. The number of benzene rings is 5. The van der Waals surface area contributed by atoms with E-state index in [9.17, 15) is 5.26 Å². The average molecular weight is 534 g/mol. The van der Waals surface area contributed by atoms with E-state index in [1.165, 1.54) is 10.8 Å². The van der Waals surface area contributed by atoms with Gasteiger partial charge in [-0.25, -0.2) is 0 Å². The van der Waals surface area contributed by atoms with Crippen molar-refractivity contribution in [3.8, 4) is 17.6 Å². The summed E-state index contributed by atoms with van der Waals surface area (Å²) < 4.78 is 13.0. The van der Waals surface area contributed by atoms with Crippen LogP contribution in [-0.2, 0) is 6.61 Å². The maximum Gasteiger partial charge on any atom is 0.162 e. The predicted molar refractivity (Wildman–Crippen MR) is 151 cm³/mol. The highest BCUT2D eigenvalue weighted by molar-refractivity contribution is 9.10. The Morgan fingerprint density at radius 3 is 2.33 bits per heavy atom. The first-order chi connectivity index (χ1) is 17.7. The first-order valence-electron chi connectivity index (χ1n) is 11.8. The van der Waals surface area contributed by atoms with Crippen LogP contribution >= 0.6 is 15.9 Å². The summed E-state index contributed by atoms with van der Waals surface area (Å²) in [6.45, 7) is 2.87. The van der Waals surface area contributed by atoms with Crippen molar-refractivity contribution in [1.29, 1.82) is 5.26 Å². The molecule has 0 spiro atoms. The van der Waals surface area contributed by atoms with Crippen LogP contribution in [0.2, 0.25) is 0 Å². The van der Waals surface area contributed by atoms with Crippen LogP contribution in [0.5, 0.6) is 11.5 Å². The molecule has 0 heterocycles. The number of allylic oxidation sites excluding steroid dienone is 1.